The summed E-state index contributed by atoms with van der Waals surface area (Å²) in [6, 6.07) is 0.845. The van der Waals surface area contributed by atoms with Crippen LogP contribution in [0.4, 0.5) is 0 Å². The number of Topliss-reactive ketones (excluding diaryl/α,β-unsaturated/α-hetero) is 3. The van der Waals surface area contributed by atoms with Gasteiger partial charge in [0.05, 0.1) is 24.0 Å². The van der Waals surface area contributed by atoms with Crippen LogP contribution in [0, 0.1) is 29.1 Å². The lowest BCUT2D eigenvalue weighted by atomic mass is 9.80. The number of phenols is 1. The third-order valence-electron chi connectivity index (χ3n) is 14.7. The number of nitrogens with zero attached hydrogens (tertiary/aromatic N) is 4. The highest BCUT2D eigenvalue weighted by atomic mass is 32.1. The van der Waals surface area contributed by atoms with Gasteiger partial charge in [0.25, 0.3) is 0 Å². The predicted molar refractivity (Wildman–Crippen MR) is 314 cm³/mol. The maximum Gasteiger partial charge on any atom is 0.306 e. The van der Waals surface area contributed by atoms with Crippen LogP contribution < -0.4 is 44.2 Å². The molecule has 0 bridgehead atoms. The number of aromatic hydroxyl groups is 1. The molecule has 82 heavy (non-hydrogen) atoms. The number of benzene rings is 1. The Hall–Kier alpha value is -6.79. The van der Waals surface area contributed by atoms with Crippen molar-refractivity contribution in [1.29, 1.82) is 0 Å². The molecule has 2 fully saturated rings. The Kier molecular flexibility index (Phi) is 29.3. The summed E-state index contributed by atoms with van der Waals surface area (Å²) >= 11 is 4.07. The minimum Gasteiger partial charge on any atom is -0.508 e. The van der Waals surface area contributed by atoms with E-state index in [1.54, 1.807) is 32.9 Å². The van der Waals surface area contributed by atoms with Crippen LogP contribution in [0.5, 0.6) is 5.75 Å². The molecule has 0 spiro atoms. The van der Waals surface area contributed by atoms with Gasteiger partial charge in [0.2, 0.25) is 35.4 Å². The van der Waals surface area contributed by atoms with E-state index < -0.39 is 106 Å². The summed E-state index contributed by atoms with van der Waals surface area (Å²) in [7, 11) is 0. The van der Waals surface area contributed by atoms with Crippen molar-refractivity contribution < 1.29 is 58.2 Å². The summed E-state index contributed by atoms with van der Waals surface area (Å²) in [6.45, 7) is 11.2. The fraction of sp³-hybridized carbons (Fsp3) is 0.684. The lowest BCUT2D eigenvalue weighted by molar-refractivity contribution is -0.145. The summed E-state index contributed by atoms with van der Waals surface area (Å²) in [5, 5.41) is 31.2. The van der Waals surface area contributed by atoms with Gasteiger partial charge in [-0.15, -0.1) is 0 Å². The highest BCUT2D eigenvalue weighted by molar-refractivity contribution is 7.80. The zero-order valence-corrected chi connectivity index (χ0v) is 49.7. The summed E-state index contributed by atoms with van der Waals surface area (Å²) in [6.07, 6.45) is 2.75. The van der Waals surface area contributed by atoms with Crippen LogP contribution in [0.25, 0.3) is 0 Å². The quantitative estimate of drug-likeness (QED) is 0.0198. The molecule has 458 valence electrons. The number of nitrogens with two attached hydrogens (primary N) is 4. The van der Waals surface area contributed by atoms with Gasteiger partial charge in [-0.25, -0.2) is 0 Å². The molecule has 0 unspecified atom stereocenters. The first-order valence-corrected chi connectivity index (χ1v) is 29.3. The lowest BCUT2D eigenvalue weighted by Gasteiger charge is -2.33. The SMILES string of the molecule is CC(=O)N[C@@H](CCCCNC(=O)CCS)C(=O)N1CCC[C@H]1C(=O)N[C@H](CCCN=C(N)N)C(=O)C[C@@H](CCCN=C(N)N)C(=O)N1CCC[C@H]1C(=O)C[C@@H](Cc1ccc(O)cc1)C(=O)N[C@H](C(=O)C[C@@H](CC(C)C)C(=O)O)C(C)(C)C. The maximum atomic E-state index is 14.9. The third kappa shape index (κ3) is 24.0. The first-order valence-electron chi connectivity index (χ1n) is 28.7. The number of likely N-dealkylation sites (tertiary alicyclic amines) is 2. The Bertz CT molecular complexity index is 2410. The van der Waals surface area contributed by atoms with E-state index in [4.69, 9.17) is 22.9 Å². The van der Waals surface area contributed by atoms with Gasteiger partial charge in [-0.3, -0.25) is 57.9 Å². The maximum absolute atomic E-state index is 14.9. The minimum atomic E-state index is -1.18. The molecule has 2 heterocycles. The third-order valence-corrected chi connectivity index (χ3v) is 14.9. The van der Waals surface area contributed by atoms with Crippen LogP contribution in [-0.2, 0) is 54.4 Å². The van der Waals surface area contributed by atoms with Gasteiger partial charge in [-0.05, 0) is 118 Å². The molecule has 1 aromatic rings. The number of rotatable bonds is 36. The lowest BCUT2D eigenvalue weighted by Crippen LogP contribution is -2.55. The topological polar surface area (TPSA) is 395 Å². The van der Waals surface area contributed by atoms with Crippen molar-refractivity contribution in [3.05, 3.63) is 29.8 Å². The zero-order chi connectivity index (χ0) is 61.3. The molecular weight excluding hydrogens is 1080 g/mol. The van der Waals surface area contributed by atoms with Crippen molar-refractivity contribution in [3.63, 3.8) is 0 Å². The smallest absolute Gasteiger partial charge is 0.306 e. The van der Waals surface area contributed by atoms with Gasteiger partial charge in [-0.2, -0.15) is 12.6 Å². The molecule has 1 aromatic carbocycles. The number of carbonyl (C=O) groups is 10. The summed E-state index contributed by atoms with van der Waals surface area (Å²) in [4.78, 5) is 148. The molecule has 0 saturated carbocycles. The van der Waals surface area contributed by atoms with E-state index in [0.29, 0.717) is 43.5 Å². The van der Waals surface area contributed by atoms with Crippen LogP contribution in [0.3, 0.4) is 0 Å². The number of guanidine groups is 2. The zero-order valence-electron chi connectivity index (χ0n) is 48.8. The van der Waals surface area contributed by atoms with Crippen molar-refractivity contribution in [3.8, 4) is 5.75 Å². The Balaban J connectivity index is 1.93. The monoisotopic (exact) mass is 1170 g/mol. The summed E-state index contributed by atoms with van der Waals surface area (Å²) < 4.78 is 0. The van der Waals surface area contributed by atoms with Gasteiger partial charge >= 0.3 is 5.97 Å². The second-order valence-electron chi connectivity index (χ2n) is 23.2. The van der Waals surface area contributed by atoms with Crippen molar-refractivity contribution in [2.75, 3.05) is 38.5 Å². The largest absolute Gasteiger partial charge is 0.508 e. The van der Waals surface area contributed by atoms with Gasteiger partial charge < -0.3 is 64.2 Å². The average Bonchev–Trinajstić information content (AvgIpc) is 4.12. The average molecular weight is 1170 g/mol. The van der Waals surface area contributed by atoms with E-state index >= 15 is 0 Å². The van der Waals surface area contributed by atoms with E-state index in [9.17, 15) is 58.2 Å². The number of aliphatic carboxylic acids is 1. The number of ketones is 3. The number of aliphatic imine (C=N–C) groups is 2. The Labute approximate surface area is 487 Å². The van der Waals surface area contributed by atoms with Crippen molar-refractivity contribution in [2.24, 2.45) is 62.0 Å². The normalized spacial score (nSPS) is 17.3. The molecule has 0 aliphatic carbocycles. The van der Waals surface area contributed by atoms with E-state index in [1.165, 1.54) is 28.9 Å². The minimum absolute atomic E-state index is 0.00888. The Morgan fingerprint density at radius 3 is 1.84 bits per heavy atom. The van der Waals surface area contributed by atoms with Crippen molar-refractivity contribution in [1.82, 2.24) is 31.1 Å². The van der Waals surface area contributed by atoms with Crippen LogP contribution in [0.1, 0.15) is 150 Å². The number of hydrogen-bond acceptors (Lipinski definition) is 14. The van der Waals surface area contributed by atoms with E-state index in [-0.39, 0.29) is 139 Å². The highest BCUT2D eigenvalue weighted by Crippen LogP contribution is 2.30. The molecule has 14 N–H and O–H groups in total. The number of amides is 6. The number of hydrogen-bond donors (Lipinski definition) is 11. The second-order valence-corrected chi connectivity index (χ2v) is 23.6. The number of phenolic OH excluding ortho intramolecular Hbond substituents is 1. The van der Waals surface area contributed by atoms with Crippen LogP contribution >= 0.6 is 12.6 Å². The Morgan fingerprint density at radius 1 is 0.707 bits per heavy atom. The van der Waals surface area contributed by atoms with Gasteiger partial charge in [0, 0.05) is 77.2 Å². The molecule has 3 rings (SSSR count). The highest BCUT2D eigenvalue weighted by Gasteiger charge is 2.43. The van der Waals surface area contributed by atoms with Gasteiger partial charge in [0.15, 0.2) is 29.3 Å². The summed E-state index contributed by atoms with van der Waals surface area (Å²) in [5.41, 5.74) is 22.1. The molecule has 25 heteroatoms. The fourth-order valence-electron chi connectivity index (χ4n) is 10.6. The number of thiol groups is 1. The number of nitrogens with one attached hydrogen (secondary N) is 4. The van der Waals surface area contributed by atoms with Crippen molar-refractivity contribution >= 4 is 83.3 Å². The van der Waals surface area contributed by atoms with E-state index in [1.807, 2.05) is 13.8 Å². The molecule has 8 atom stereocenters. The standard InChI is InChI=1S/C57H92N12O12S/c1-34(2)29-39(54(80)81)33-47(74)49(57(4,5)6)67-50(76)38(30-36-18-20-40(71)21-19-36)32-46(73)43-16-11-26-68(43)52(78)37(13-9-24-63-55(58)59)31-45(72)41(15-10-25-64-56(60)61)66-51(77)44-17-12-27-69(44)53(79)42(65-35(3)70)14-7-8-23-62-48(75)22-28-82/h18-21,34,37-39,41-44,49,71,82H,7-17,22-33H2,1-6H3,(H,62,75)(H,65,70)(H,66,77)(H,67,76)(H,80,81)(H4,58,59,63)(H4,60,61,64)/t37-,38-,39-,41-,42+,43+,44+,49-/m1/s1. The summed E-state index contributed by atoms with van der Waals surface area (Å²) in [5.74, 6) is -8.43. The number of unbranched alkanes of at least 4 members (excludes halogenated alkanes) is 1. The molecule has 0 aromatic heterocycles. The number of carboxylic acids is 1. The molecule has 2 aliphatic heterocycles. The molecule has 6 amide bonds. The molecule has 0 radical (unpaired) electrons. The second kappa shape index (κ2) is 34.6. The number of carbonyl (C=O) groups excluding carboxylic acids is 9. The Morgan fingerprint density at radius 2 is 1.28 bits per heavy atom. The first-order chi connectivity index (χ1) is 38.6. The first kappa shape index (κ1) is 69.5. The predicted octanol–water partition coefficient (Wildman–Crippen LogP) is 2.01. The van der Waals surface area contributed by atoms with Crippen LogP contribution in [-0.4, -0.2) is 159 Å². The van der Waals surface area contributed by atoms with E-state index in [2.05, 4.69) is 43.9 Å². The van der Waals surface area contributed by atoms with E-state index in [0.717, 1.165) is 0 Å². The molecule has 24 nitrogen and oxygen atoms in total. The molecular formula is C57H92N12O12S. The van der Waals surface area contributed by atoms with Gasteiger partial charge in [0.1, 0.15) is 17.8 Å². The van der Waals surface area contributed by atoms with Crippen LogP contribution in [0.15, 0.2) is 34.3 Å². The number of carboxylic acid groups (broad SMARTS) is 1. The van der Waals surface area contributed by atoms with Gasteiger partial charge in [-0.1, -0.05) is 46.8 Å². The van der Waals surface area contributed by atoms with Crippen molar-refractivity contribution in [2.45, 2.75) is 181 Å². The molecule has 2 saturated heterocycles. The fourth-order valence-corrected chi connectivity index (χ4v) is 10.8. The van der Waals surface area contributed by atoms with Crippen LogP contribution in [0.2, 0.25) is 0 Å². The molecule has 2 aliphatic rings.